The van der Waals surface area contributed by atoms with Crippen molar-refractivity contribution in [3.63, 3.8) is 0 Å². The zero-order valence-electron chi connectivity index (χ0n) is 8.86. The average Bonchev–Trinajstić information content (AvgIpc) is 2.51. The van der Waals surface area contributed by atoms with Gasteiger partial charge in [-0.3, -0.25) is 0 Å². The van der Waals surface area contributed by atoms with Gasteiger partial charge in [-0.15, -0.1) is 0 Å². The van der Waals surface area contributed by atoms with Crippen molar-refractivity contribution < 1.29 is 9.84 Å². The molecule has 78 valence electrons. The minimum Gasteiger partial charge on any atom is -0.396 e. The maximum absolute atomic E-state index is 8.93. The van der Waals surface area contributed by atoms with E-state index in [0.717, 1.165) is 19.6 Å². The fourth-order valence-corrected chi connectivity index (χ4v) is 1.98. The summed E-state index contributed by atoms with van der Waals surface area (Å²) in [5.74, 6) is 0.359. The molecule has 0 bridgehead atoms. The van der Waals surface area contributed by atoms with Gasteiger partial charge in [0.1, 0.15) is 0 Å². The zero-order valence-corrected chi connectivity index (χ0v) is 8.86. The number of aliphatic hydroxyl groups excluding tert-OH is 1. The second-order valence-electron chi connectivity index (χ2n) is 4.16. The summed E-state index contributed by atoms with van der Waals surface area (Å²) in [5.41, 5.74) is 0. The van der Waals surface area contributed by atoms with E-state index >= 15 is 0 Å². The fraction of sp³-hybridized carbons (Fsp3) is 1.00. The Labute approximate surface area is 80.7 Å². The summed E-state index contributed by atoms with van der Waals surface area (Å²) < 4.78 is 5.50. The molecule has 0 radical (unpaired) electrons. The molecule has 1 aliphatic heterocycles. The molecule has 0 aromatic rings. The molecule has 0 aliphatic carbocycles. The quantitative estimate of drug-likeness (QED) is 0.704. The molecule has 1 heterocycles. The minimum atomic E-state index is 0.270. The van der Waals surface area contributed by atoms with Gasteiger partial charge in [-0.2, -0.15) is 0 Å². The van der Waals surface area contributed by atoms with Crippen molar-refractivity contribution in [1.82, 2.24) is 4.90 Å². The maximum Gasteiger partial charge on any atom is 0.0702 e. The van der Waals surface area contributed by atoms with Crippen LogP contribution in [0.5, 0.6) is 0 Å². The Balaban J connectivity index is 2.33. The van der Waals surface area contributed by atoms with E-state index in [2.05, 4.69) is 25.8 Å². The number of hydrogen-bond donors (Lipinski definition) is 1. The van der Waals surface area contributed by atoms with Crippen LogP contribution in [-0.4, -0.2) is 49.0 Å². The Hall–Kier alpha value is -0.120. The highest BCUT2D eigenvalue weighted by Gasteiger charge is 2.28. The van der Waals surface area contributed by atoms with Gasteiger partial charge in [0.15, 0.2) is 0 Å². The molecule has 0 spiro atoms. The lowest BCUT2D eigenvalue weighted by Gasteiger charge is -2.28. The van der Waals surface area contributed by atoms with Crippen molar-refractivity contribution in [3.8, 4) is 0 Å². The lowest BCUT2D eigenvalue weighted by molar-refractivity contribution is 0.0741. The van der Waals surface area contributed by atoms with E-state index in [-0.39, 0.29) is 6.61 Å². The summed E-state index contributed by atoms with van der Waals surface area (Å²) >= 11 is 0. The second kappa shape index (κ2) is 4.94. The van der Waals surface area contributed by atoms with Crippen LogP contribution >= 0.6 is 0 Å². The first-order valence-electron chi connectivity index (χ1n) is 5.08. The van der Waals surface area contributed by atoms with Gasteiger partial charge in [-0.05, 0) is 26.3 Å². The van der Waals surface area contributed by atoms with E-state index in [1.807, 2.05) is 0 Å². The van der Waals surface area contributed by atoms with Crippen molar-refractivity contribution in [3.05, 3.63) is 0 Å². The van der Waals surface area contributed by atoms with Gasteiger partial charge in [0.2, 0.25) is 0 Å². The van der Waals surface area contributed by atoms with Crippen LogP contribution in [0.3, 0.4) is 0 Å². The van der Waals surface area contributed by atoms with Gasteiger partial charge >= 0.3 is 0 Å². The number of nitrogens with zero attached hydrogens (tertiary/aromatic N) is 1. The molecule has 3 nitrogen and oxygen atoms in total. The molecule has 0 amide bonds. The maximum atomic E-state index is 8.93. The molecule has 0 aromatic heterocycles. The van der Waals surface area contributed by atoms with E-state index in [1.165, 1.54) is 0 Å². The SMILES string of the molecule is CC(CO)CN(C)C1CCOC1C. The van der Waals surface area contributed by atoms with Crippen molar-refractivity contribution in [1.29, 1.82) is 0 Å². The van der Waals surface area contributed by atoms with E-state index in [1.54, 1.807) is 0 Å². The Morgan fingerprint density at radius 2 is 2.31 bits per heavy atom. The lowest BCUT2D eigenvalue weighted by Crippen LogP contribution is -2.39. The van der Waals surface area contributed by atoms with Gasteiger partial charge in [-0.25, -0.2) is 0 Å². The molecule has 1 fully saturated rings. The third-order valence-electron chi connectivity index (χ3n) is 2.81. The van der Waals surface area contributed by atoms with Crippen LogP contribution in [0.2, 0.25) is 0 Å². The van der Waals surface area contributed by atoms with E-state index in [0.29, 0.717) is 18.1 Å². The Morgan fingerprint density at radius 3 is 2.77 bits per heavy atom. The monoisotopic (exact) mass is 187 g/mol. The van der Waals surface area contributed by atoms with E-state index in [4.69, 9.17) is 9.84 Å². The first-order valence-corrected chi connectivity index (χ1v) is 5.08. The number of aliphatic hydroxyl groups is 1. The zero-order chi connectivity index (χ0) is 9.84. The standard InChI is InChI=1S/C10H21NO2/c1-8(7-12)6-11(3)10-4-5-13-9(10)2/h8-10,12H,4-7H2,1-3H3. The van der Waals surface area contributed by atoms with Crippen LogP contribution < -0.4 is 0 Å². The van der Waals surface area contributed by atoms with Gasteiger partial charge < -0.3 is 14.7 Å². The van der Waals surface area contributed by atoms with Crippen LogP contribution in [0.15, 0.2) is 0 Å². The summed E-state index contributed by atoms with van der Waals surface area (Å²) in [6.07, 6.45) is 1.46. The molecule has 1 rings (SSSR count). The van der Waals surface area contributed by atoms with Crippen molar-refractivity contribution in [2.45, 2.75) is 32.4 Å². The summed E-state index contributed by atoms with van der Waals surface area (Å²) in [5, 5.41) is 8.93. The largest absolute Gasteiger partial charge is 0.396 e. The second-order valence-corrected chi connectivity index (χ2v) is 4.16. The summed E-state index contributed by atoms with van der Waals surface area (Å²) in [6.45, 7) is 6.29. The lowest BCUT2D eigenvalue weighted by atomic mass is 10.1. The number of rotatable bonds is 4. The van der Waals surface area contributed by atoms with Crippen molar-refractivity contribution in [2.75, 3.05) is 26.8 Å². The number of ether oxygens (including phenoxy) is 1. The minimum absolute atomic E-state index is 0.270. The highest BCUT2D eigenvalue weighted by molar-refractivity contribution is 4.80. The number of likely N-dealkylation sites (N-methyl/N-ethyl adjacent to an activating group) is 1. The molecule has 13 heavy (non-hydrogen) atoms. The molecule has 3 atom stereocenters. The van der Waals surface area contributed by atoms with Crippen LogP contribution in [0.4, 0.5) is 0 Å². The van der Waals surface area contributed by atoms with E-state index < -0.39 is 0 Å². The average molecular weight is 187 g/mol. The molecule has 3 unspecified atom stereocenters. The molecule has 1 aliphatic rings. The smallest absolute Gasteiger partial charge is 0.0702 e. The molecular formula is C10H21NO2. The number of hydrogen-bond acceptors (Lipinski definition) is 3. The molecular weight excluding hydrogens is 166 g/mol. The highest BCUT2D eigenvalue weighted by atomic mass is 16.5. The van der Waals surface area contributed by atoms with Crippen LogP contribution in [-0.2, 0) is 4.74 Å². The first-order chi connectivity index (χ1) is 6.15. The van der Waals surface area contributed by atoms with Crippen LogP contribution in [0, 0.1) is 5.92 Å². The predicted octanol–water partition coefficient (Wildman–Crippen LogP) is 0.724. The summed E-state index contributed by atoms with van der Waals surface area (Å²) in [4.78, 5) is 2.30. The third-order valence-corrected chi connectivity index (χ3v) is 2.81. The Kier molecular flexibility index (Phi) is 4.16. The summed E-state index contributed by atoms with van der Waals surface area (Å²) in [6, 6.07) is 0.536. The van der Waals surface area contributed by atoms with Crippen LogP contribution in [0.1, 0.15) is 20.3 Å². The van der Waals surface area contributed by atoms with Gasteiger partial charge in [0.25, 0.3) is 0 Å². The van der Waals surface area contributed by atoms with Crippen molar-refractivity contribution in [2.24, 2.45) is 5.92 Å². The van der Waals surface area contributed by atoms with E-state index in [9.17, 15) is 0 Å². The molecule has 0 saturated carbocycles. The van der Waals surface area contributed by atoms with Crippen molar-refractivity contribution >= 4 is 0 Å². The molecule has 3 heteroatoms. The van der Waals surface area contributed by atoms with Gasteiger partial charge in [0.05, 0.1) is 6.10 Å². The van der Waals surface area contributed by atoms with Crippen LogP contribution in [0.25, 0.3) is 0 Å². The fourth-order valence-electron chi connectivity index (χ4n) is 1.98. The highest BCUT2D eigenvalue weighted by Crippen LogP contribution is 2.18. The Morgan fingerprint density at radius 1 is 1.62 bits per heavy atom. The molecule has 1 saturated heterocycles. The Bertz CT molecular complexity index is 152. The van der Waals surface area contributed by atoms with Gasteiger partial charge in [-0.1, -0.05) is 6.92 Å². The normalized spacial score (nSPS) is 31.2. The topological polar surface area (TPSA) is 32.7 Å². The van der Waals surface area contributed by atoms with Gasteiger partial charge in [0, 0.05) is 25.8 Å². The summed E-state index contributed by atoms with van der Waals surface area (Å²) in [7, 11) is 2.11. The predicted molar refractivity (Wildman–Crippen MR) is 52.7 cm³/mol. The third kappa shape index (κ3) is 2.93. The first kappa shape index (κ1) is 11.0. The molecule has 1 N–H and O–H groups in total. The molecule has 0 aromatic carbocycles.